The van der Waals surface area contributed by atoms with Crippen LogP contribution in [0.3, 0.4) is 0 Å². The Kier molecular flexibility index (Phi) is 2.40. The molecule has 76 valence electrons. The maximum Gasteiger partial charge on any atom is 0.354 e. The summed E-state index contributed by atoms with van der Waals surface area (Å²) in [5.74, 6) is -1.72. The highest BCUT2D eigenvalue weighted by atomic mass is 79.9. The van der Waals surface area contributed by atoms with Crippen LogP contribution in [0.2, 0.25) is 0 Å². The molecule has 0 fully saturated rings. The number of fused-ring (bicyclic) bond motifs is 1. The third-order valence-corrected chi connectivity index (χ3v) is 2.58. The number of hydrogen-bond acceptors (Lipinski definition) is 2. The van der Waals surface area contributed by atoms with E-state index < -0.39 is 11.8 Å². The van der Waals surface area contributed by atoms with Gasteiger partial charge in [0.05, 0.1) is 4.47 Å². The lowest BCUT2D eigenvalue weighted by molar-refractivity contribution is 0.0691. The third-order valence-electron chi connectivity index (χ3n) is 1.97. The number of halogens is 2. The molecule has 3 nitrogen and oxygen atoms in total. The maximum atomic E-state index is 13.5. The lowest BCUT2D eigenvalue weighted by atomic mass is 10.2. The van der Waals surface area contributed by atoms with Gasteiger partial charge in [0.15, 0.2) is 5.82 Å². The van der Waals surface area contributed by atoms with E-state index in [9.17, 15) is 9.18 Å². The molecule has 0 saturated heterocycles. The summed E-state index contributed by atoms with van der Waals surface area (Å²) >= 11 is 3.02. The number of nitrogens with zero attached hydrogens (tertiary/aromatic N) is 1. The van der Waals surface area contributed by atoms with Gasteiger partial charge in [0, 0.05) is 5.39 Å². The Morgan fingerprint density at radius 2 is 2.00 bits per heavy atom. The van der Waals surface area contributed by atoms with Crippen LogP contribution in [0, 0.1) is 5.82 Å². The molecule has 2 aromatic rings. The van der Waals surface area contributed by atoms with Crippen molar-refractivity contribution in [2.75, 3.05) is 0 Å². The number of benzene rings is 1. The van der Waals surface area contributed by atoms with Gasteiger partial charge in [0.1, 0.15) is 11.2 Å². The predicted molar refractivity (Wildman–Crippen MR) is 56.4 cm³/mol. The van der Waals surface area contributed by atoms with Crippen molar-refractivity contribution in [3.63, 3.8) is 0 Å². The summed E-state index contributed by atoms with van der Waals surface area (Å²) < 4.78 is 13.8. The van der Waals surface area contributed by atoms with Crippen LogP contribution in [0.4, 0.5) is 4.39 Å². The lowest BCUT2D eigenvalue weighted by Gasteiger charge is -2.01. The Bertz CT molecular complexity index is 556. The Morgan fingerprint density at radius 3 is 2.67 bits per heavy atom. The standard InChI is InChI=1S/C10H5BrFNO2/c11-6-3-1-5-2-4-7(10(14)15)13-9(5)8(6)12/h1-4H,(H,14,15). The fraction of sp³-hybridized carbons (Fsp3) is 0. The van der Waals surface area contributed by atoms with Gasteiger partial charge >= 0.3 is 5.97 Å². The van der Waals surface area contributed by atoms with Gasteiger partial charge in [0.2, 0.25) is 0 Å². The van der Waals surface area contributed by atoms with Crippen LogP contribution in [0.5, 0.6) is 0 Å². The Hall–Kier alpha value is -1.49. The second kappa shape index (κ2) is 3.58. The molecule has 2 rings (SSSR count). The monoisotopic (exact) mass is 269 g/mol. The molecule has 5 heteroatoms. The average molecular weight is 270 g/mol. The zero-order valence-corrected chi connectivity index (χ0v) is 8.95. The first-order valence-corrected chi connectivity index (χ1v) is 4.87. The highest BCUT2D eigenvalue weighted by molar-refractivity contribution is 9.10. The summed E-state index contributed by atoms with van der Waals surface area (Å²) in [7, 11) is 0. The van der Waals surface area contributed by atoms with Crippen LogP contribution >= 0.6 is 15.9 Å². The smallest absolute Gasteiger partial charge is 0.354 e. The Morgan fingerprint density at radius 1 is 1.33 bits per heavy atom. The highest BCUT2D eigenvalue weighted by Gasteiger charge is 2.10. The zero-order chi connectivity index (χ0) is 11.0. The number of pyridine rings is 1. The summed E-state index contributed by atoms with van der Waals surface area (Å²) in [6.07, 6.45) is 0. The molecule has 0 atom stereocenters. The van der Waals surface area contributed by atoms with Gasteiger partial charge in [-0.1, -0.05) is 12.1 Å². The predicted octanol–water partition coefficient (Wildman–Crippen LogP) is 2.83. The van der Waals surface area contributed by atoms with Crippen LogP contribution in [0.1, 0.15) is 10.5 Å². The number of carboxylic acid groups (broad SMARTS) is 1. The van der Waals surface area contributed by atoms with Gasteiger partial charge in [-0.3, -0.25) is 0 Å². The number of rotatable bonds is 1. The molecule has 0 unspecified atom stereocenters. The molecule has 0 aliphatic heterocycles. The second-order valence-electron chi connectivity index (χ2n) is 2.93. The minimum atomic E-state index is -1.17. The van der Waals surface area contributed by atoms with Crippen molar-refractivity contribution in [2.24, 2.45) is 0 Å². The largest absolute Gasteiger partial charge is 0.477 e. The molecule has 0 radical (unpaired) electrons. The van der Waals surface area contributed by atoms with E-state index in [1.807, 2.05) is 0 Å². The van der Waals surface area contributed by atoms with Gasteiger partial charge in [-0.05, 0) is 28.1 Å². The van der Waals surface area contributed by atoms with E-state index in [1.54, 1.807) is 12.1 Å². The molecular formula is C10H5BrFNO2. The van der Waals surface area contributed by atoms with Crippen molar-refractivity contribution in [3.05, 3.63) is 40.2 Å². The van der Waals surface area contributed by atoms with Gasteiger partial charge in [0.25, 0.3) is 0 Å². The van der Waals surface area contributed by atoms with Crippen LogP contribution in [0.25, 0.3) is 10.9 Å². The van der Waals surface area contributed by atoms with Crippen molar-refractivity contribution in [2.45, 2.75) is 0 Å². The minimum absolute atomic E-state index is 0.0595. The number of aromatic nitrogens is 1. The van der Waals surface area contributed by atoms with E-state index in [0.717, 1.165) is 0 Å². The molecular weight excluding hydrogens is 265 g/mol. The van der Waals surface area contributed by atoms with Crippen LogP contribution in [-0.2, 0) is 0 Å². The maximum absolute atomic E-state index is 13.5. The summed E-state index contributed by atoms with van der Waals surface area (Å²) in [5.41, 5.74) is -0.108. The fourth-order valence-corrected chi connectivity index (χ4v) is 1.57. The molecule has 1 aromatic heterocycles. The van der Waals surface area contributed by atoms with Gasteiger partial charge in [-0.25, -0.2) is 14.2 Å². The number of carboxylic acids is 1. The van der Waals surface area contributed by atoms with Crippen molar-refractivity contribution < 1.29 is 14.3 Å². The number of carbonyl (C=O) groups is 1. The first-order valence-electron chi connectivity index (χ1n) is 4.07. The first kappa shape index (κ1) is 10.0. The van der Waals surface area contributed by atoms with Crippen molar-refractivity contribution in [3.8, 4) is 0 Å². The molecule has 0 amide bonds. The topological polar surface area (TPSA) is 50.2 Å². The fourth-order valence-electron chi connectivity index (χ4n) is 1.25. The Labute approximate surface area is 92.7 Å². The van der Waals surface area contributed by atoms with Gasteiger partial charge in [-0.2, -0.15) is 0 Å². The van der Waals surface area contributed by atoms with E-state index in [0.29, 0.717) is 5.39 Å². The SMILES string of the molecule is O=C(O)c1ccc2ccc(Br)c(F)c2n1. The minimum Gasteiger partial charge on any atom is -0.477 e. The van der Waals surface area contributed by atoms with E-state index in [-0.39, 0.29) is 15.7 Å². The quantitative estimate of drug-likeness (QED) is 0.866. The van der Waals surface area contributed by atoms with E-state index >= 15 is 0 Å². The molecule has 0 bridgehead atoms. The highest BCUT2D eigenvalue weighted by Crippen LogP contribution is 2.23. The molecule has 0 spiro atoms. The van der Waals surface area contributed by atoms with E-state index in [1.165, 1.54) is 12.1 Å². The number of aromatic carboxylic acids is 1. The normalized spacial score (nSPS) is 10.5. The van der Waals surface area contributed by atoms with Gasteiger partial charge < -0.3 is 5.11 Å². The second-order valence-corrected chi connectivity index (χ2v) is 3.79. The van der Waals surface area contributed by atoms with Crippen LogP contribution in [0.15, 0.2) is 28.7 Å². The molecule has 1 N–H and O–H groups in total. The van der Waals surface area contributed by atoms with Crippen molar-refractivity contribution in [1.82, 2.24) is 4.98 Å². The lowest BCUT2D eigenvalue weighted by Crippen LogP contribution is -2.00. The third kappa shape index (κ3) is 1.70. The molecule has 0 aliphatic rings. The summed E-state index contributed by atoms with van der Waals surface area (Å²) in [6, 6.07) is 6.10. The summed E-state index contributed by atoms with van der Waals surface area (Å²) in [4.78, 5) is 14.4. The zero-order valence-electron chi connectivity index (χ0n) is 7.37. The number of hydrogen-bond donors (Lipinski definition) is 1. The van der Waals surface area contributed by atoms with Crippen LogP contribution < -0.4 is 0 Å². The molecule has 1 heterocycles. The van der Waals surface area contributed by atoms with Gasteiger partial charge in [-0.15, -0.1) is 0 Å². The van der Waals surface area contributed by atoms with E-state index in [4.69, 9.17) is 5.11 Å². The Balaban J connectivity index is 2.79. The summed E-state index contributed by atoms with van der Waals surface area (Å²) in [5, 5.41) is 9.28. The molecule has 0 saturated carbocycles. The molecule has 0 aliphatic carbocycles. The van der Waals surface area contributed by atoms with Crippen molar-refractivity contribution >= 4 is 32.8 Å². The first-order chi connectivity index (χ1) is 7.09. The van der Waals surface area contributed by atoms with E-state index in [2.05, 4.69) is 20.9 Å². The van der Waals surface area contributed by atoms with Crippen LogP contribution in [-0.4, -0.2) is 16.1 Å². The summed E-state index contributed by atoms with van der Waals surface area (Å²) in [6.45, 7) is 0. The molecule has 1 aromatic carbocycles. The molecule has 15 heavy (non-hydrogen) atoms. The van der Waals surface area contributed by atoms with Crippen molar-refractivity contribution in [1.29, 1.82) is 0 Å². The average Bonchev–Trinajstić information content (AvgIpc) is 2.23.